The average molecular weight is 422 g/mol. The number of aromatic amines is 1. The first-order valence-corrected chi connectivity index (χ1v) is 11.0. The number of H-pyrrole nitrogens is 1. The van der Waals surface area contributed by atoms with Crippen LogP contribution in [0.1, 0.15) is 18.0 Å². The summed E-state index contributed by atoms with van der Waals surface area (Å²) in [5.74, 6) is 0.110. The molecule has 0 fully saturated rings. The monoisotopic (exact) mass is 421 g/mol. The first-order chi connectivity index (χ1) is 12.8. The standard InChI is InChI=1S/C19H17Cl2N3O2S/c1-27(25,26)24-8-5-12(6-9-24)18-11-15-14(4-7-22-19(15)23-18)13-2-3-16(20)17(21)10-13/h2-5,7-8,10-12H,6,9H2,1H3,(H,22,23). The molecule has 0 spiro atoms. The molecule has 0 amide bonds. The van der Waals surface area contributed by atoms with Crippen LogP contribution in [-0.4, -0.2) is 35.5 Å². The molecule has 1 aromatic carbocycles. The van der Waals surface area contributed by atoms with E-state index in [-0.39, 0.29) is 5.92 Å². The Hall–Kier alpha value is -2.02. The number of sulfonamides is 1. The third-order valence-electron chi connectivity index (χ3n) is 4.75. The number of allylic oxidation sites excluding steroid dienone is 1. The van der Waals surface area contributed by atoms with Gasteiger partial charge in [-0.15, -0.1) is 0 Å². The lowest BCUT2D eigenvalue weighted by molar-refractivity contribution is 0.464. The first-order valence-electron chi connectivity index (χ1n) is 8.41. The molecule has 3 heterocycles. The summed E-state index contributed by atoms with van der Waals surface area (Å²) in [6.45, 7) is 0.461. The molecule has 1 unspecified atom stereocenters. The molecule has 0 aliphatic carbocycles. The molecule has 0 bridgehead atoms. The van der Waals surface area contributed by atoms with Crippen molar-refractivity contribution in [3.8, 4) is 11.1 Å². The van der Waals surface area contributed by atoms with E-state index in [0.29, 0.717) is 23.0 Å². The molecule has 5 nitrogen and oxygen atoms in total. The highest BCUT2D eigenvalue weighted by atomic mass is 35.5. The van der Waals surface area contributed by atoms with Crippen LogP contribution in [0.5, 0.6) is 0 Å². The normalized spacial score (nSPS) is 17.6. The topological polar surface area (TPSA) is 66.1 Å². The van der Waals surface area contributed by atoms with Crippen LogP contribution >= 0.6 is 23.2 Å². The highest BCUT2D eigenvalue weighted by molar-refractivity contribution is 7.88. The maximum atomic E-state index is 11.7. The number of nitrogens with one attached hydrogen (secondary N) is 1. The van der Waals surface area contributed by atoms with Gasteiger partial charge in [-0.05, 0) is 41.8 Å². The molecule has 4 rings (SSSR count). The zero-order valence-electron chi connectivity index (χ0n) is 14.5. The van der Waals surface area contributed by atoms with Gasteiger partial charge < -0.3 is 4.98 Å². The number of nitrogens with zero attached hydrogens (tertiary/aromatic N) is 2. The minimum atomic E-state index is -3.21. The number of fused-ring (bicyclic) bond motifs is 1. The second-order valence-electron chi connectivity index (χ2n) is 6.58. The number of aromatic nitrogens is 2. The molecule has 1 N–H and O–H groups in total. The third kappa shape index (κ3) is 3.57. The largest absolute Gasteiger partial charge is 0.343 e. The van der Waals surface area contributed by atoms with Gasteiger partial charge in [0.2, 0.25) is 10.0 Å². The Balaban J connectivity index is 1.72. The Bertz CT molecular complexity index is 1150. The van der Waals surface area contributed by atoms with Crippen molar-refractivity contribution in [1.82, 2.24) is 14.3 Å². The minimum absolute atomic E-state index is 0.110. The molecule has 8 heteroatoms. The predicted molar refractivity (Wildman–Crippen MR) is 110 cm³/mol. The van der Waals surface area contributed by atoms with Crippen molar-refractivity contribution in [2.75, 3.05) is 12.8 Å². The Morgan fingerprint density at radius 2 is 2.00 bits per heavy atom. The number of rotatable bonds is 3. The SMILES string of the molecule is CS(=O)(=O)N1C=CC(c2cc3c(-c4ccc(Cl)c(Cl)c4)ccnc3[nH]2)CC1. The molecular formula is C19H17Cl2N3O2S. The Kier molecular flexibility index (Phi) is 4.66. The van der Waals surface area contributed by atoms with Gasteiger partial charge in [-0.3, -0.25) is 4.31 Å². The number of pyridine rings is 1. The van der Waals surface area contributed by atoms with Crippen molar-refractivity contribution in [3.63, 3.8) is 0 Å². The Labute approximate surface area is 167 Å². The molecule has 1 aliphatic rings. The van der Waals surface area contributed by atoms with Gasteiger partial charge in [-0.1, -0.05) is 35.3 Å². The molecular weight excluding hydrogens is 405 g/mol. The van der Waals surface area contributed by atoms with E-state index in [1.54, 1.807) is 18.5 Å². The molecule has 27 heavy (non-hydrogen) atoms. The minimum Gasteiger partial charge on any atom is -0.343 e. The second-order valence-corrected chi connectivity index (χ2v) is 9.33. The van der Waals surface area contributed by atoms with E-state index in [2.05, 4.69) is 16.0 Å². The smallest absolute Gasteiger partial charge is 0.231 e. The third-order valence-corrected chi connectivity index (χ3v) is 6.65. The summed E-state index contributed by atoms with van der Waals surface area (Å²) in [6, 6.07) is 9.57. The number of benzene rings is 1. The number of halogens is 2. The van der Waals surface area contributed by atoms with Gasteiger partial charge in [-0.2, -0.15) is 0 Å². The first kappa shape index (κ1) is 18.3. The molecule has 0 saturated carbocycles. The van der Waals surface area contributed by atoms with Gasteiger partial charge in [-0.25, -0.2) is 13.4 Å². The molecule has 0 radical (unpaired) electrons. The van der Waals surface area contributed by atoms with Gasteiger partial charge in [0.1, 0.15) is 5.65 Å². The highest BCUT2D eigenvalue weighted by Gasteiger charge is 2.22. The number of hydrogen-bond acceptors (Lipinski definition) is 3. The van der Waals surface area contributed by atoms with Crippen LogP contribution < -0.4 is 0 Å². The summed E-state index contributed by atoms with van der Waals surface area (Å²) in [4.78, 5) is 7.80. The molecule has 3 aromatic rings. The fourth-order valence-corrected chi connectivity index (χ4v) is 4.36. The van der Waals surface area contributed by atoms with E-state index in [1.165, 1.54) is 10.6 Å². The van der Waals surface area contributed by atoms with E-state index in [9.17, 15) is 8.42 Å². The van der Waals surface area contributed by atoms with E-state index >= 15 is 0 Å². The van der Waals surface area contributed by atoms with Crippen molar-refractivity contribution < 1.29 is 8.42 Å². The second kappa shape index (κ2) is 6.86. The summed E-state index contributed by atoms with van der Waals surface area (Å²) in [6.07, 6.45) is 7.23. The van der Waals surface area contributed by atoms with Gasteiger partial charge in [0.25, 0.3) is 0 Å². The molecule has 1 aliphatic heterocycles. The molecule has 1 atom stereocenters. The lowest BCUT2D eigenvalue weighted by Gasteiger charge is -2.25. The molecule has 2 aromatic heterocycles. The quantitative estimate of drug-likeness (QED) is 0.660. The fraction of sp³-hybridized carbons (Fsp3) is 0.211. The van der Waals surface area contributed by atoms with Crippen LogP contribution in [-0.2, 0) is 10.0 Å². The summed E-state index contributed by atoms with van der Waals surface area (Å²) >= 11 is 12.2. The summed E-state index contributed by atoms with van der Waals surface area (Å²) < 4.78 is 24.7. The van der Waals surface area contributed by atoms with Crippen molar-refractivity contribution in [2.24, 2.45) is 0 Å². The van der Waals surface area contributed by atoms with Crippen LogP contribution in [0.15, 0.2) is 48.8 Å². The lowest BCUT2D eigenvalue weighted by atomic mass is 9.98. The van der Waals surface area contributed by atoms with Gasteiger partial charge in [0.05, 0.1) is 16.3 Å². The summed E-state index contributed by atoms with van der Waals surface area (Å²) in [7, 11) is -3.21. The average Bonchev–Trinajstić information content (AvgIpc) is 3.08. The lowest BCUT2D eigenvalue weighted by Crippen LogP contribution is -2.29. The van der Waals surface area contributed by atoms with Crippen molar-refractivity contribution in [3.05, 3.63) is 64.5 Å². The van der Waals surface area contributed by atoms with Crippen molar-refractivity contribution >= 4 is 44.3 Å². The van der Waals surface area contributed by atoms with Crippen molar-refractivity contribution in [2.45, 2.75) is 12.3 Å². The zero-order valence-corrected chi connectivity index (χ0v) is 16.8. The van der Waals surface area contributed by atoms with Crippen LogP contribution in [0.3, 0.4) is 0 Å². The Morgan fingerprint density at radius 1 is 1.19 bits per heavy atom. The van der Waals surface area contributed by atoms with Crippen LogP contribution in [0.4, 0.5) is 0 Å². The zero-order chi connectivity index (χ0) is 19.2. The molecule has 0 saturated heterocycles. The van der Waals surface area contributed by atoms with E-state index in [4.69, 9.17) is 23.2 Å². The van der Waals surface area contributed by atoms with E-state index < -0.39 is 10.0 Å². The predicted octanol–water partition coefficient (Wildman–Crippen LogP) is 4.80. The van der Waals surface area contributed by atoms with Crippen molar-refractivity contribution in [1.29, 1.82) is 0 Å². The summed E-state index contributed by atoms with van der Waals surface area (Å²) in [5, 5.41) is 2.01. The fourth-order valence-electron chi connectivity index (χ4n) is 3.33. The summed E-state index contributed by atoms with van der Waals surface area (Å²) in [5.41, 5.74) is 3.77. The van der Waals surface area contributed by atoms with Crippen LogP contribution in [0.2, 0.25) is 10.0 Å². The maximum Gasteiger partial charge on any atom is 0.231 e. The van der Waals surface area contributed by atoms with Gasteiger partial charge in [0.15, 0.2) is 0 Å². The van der Waals surface area contributed by atoms with Crippen LogP contribution in [0.25, 0.3) is 22.2 Å². The van der Waals surface area contributed by atoms with E-state index in [0.717, 1.165) is 27.9 Å². The van der Waals surface area contributed by atoms with Gasteiger partial charge >= 0.3 is 0 Å². The van der Waals surface area contributed by atoms with E-state index in [1.807, 2.05) is 24.3 Å². The maximum absolute atomic E-state index is 11.7. The Morgan fingerprint density at radius 3 is 2.67 bits per heavy atom. The highest BCUT2D eigenvalue weighted by Crippen LogP contribution is 2.35. The number of hydrogen-bond donors (Lipinski definition) is 1. The van der Waals surface area contributed by atoms with Gasteiger partial charge in [0, 0.05) is 35.9 Å². The van der Waals surface area contributed by atoms with Crippen LogP contribution in [0, 0.1) is 0 Å². The molecule has 140 valence electrons.